The van der Waals surface area contributed by atoms with Crippen molar-refractivity contribution < 1.29 is 32.4 Å². The van der Waals surface area contributed by atoms with Gasteiger partial charge in [0.1, 0.15) is 18.4 Å². The van der Waals surface area contributed by atoms with Crippen LogP contribution in [0.5, 0.6) is 0 Å². The minimum absolute atomic E-state index is 0.0619. The smallest absolute Gasteiger partial charge is 0.459 e. The van der Waals surface area contributed by atoms with E-state index in [1.165, 1.54) is 16.8 Å². The van der Waals surface area contributed by atoms with Crippen LogP contribution >= 0.6 is 7.82 Å². The van der Waals surface area contributed by atoms with Crippen LogP contribution in [-0.4, -0.2) is 40.4 Å². The largest absolute Gasteiger partial charge is 0.475 e. The Morgan fingerprint density at radius 2 is 2.03 bits per heavy atom. The number of carbonyl (C=O) groups is 1. The highest BCUT2D eigenvalue weighted by molar-refractivity contribution is 7.48. The minimum atomic E-state index is -3.94. The summed E-state index contributed by atoms with van der Waals surface area (Å²) in [5.41, 5.74) is -0.365. The van der Waals surface area contributed by atoms with Gasteiger partial charge in [-0.2, -0.15) is 0 Å². The lowest BCUT2D eigenvalue weighted by Crippen LogP contribution is -2.33. The third-order valence-corrected chi connectivity index (χ3v) is 6.40. The van der Waals surface area contributed by atoms with E-state index in [1.807, 2.05) is 0 Å². The fourth-order valence-corrected chi connectivity index (χ4v) is 4.86. The molecule has 0 bridgehead atoms. The van der Waals surface area contributed by atoms with Crippen LogP contribution in [-0.2, 0) is 34.2 Å². The molecule has 2 fully saturated rings. The number of nitrogens with one attached hydrogen (secondary N) is 1. The SMILES string of the molecule is CC(C)OC(=O)c1ccccc1COP1(=O)OC[C@H]2O[C@@H](n3ccc(=O)[nH]c3=O)C[C@@H]2O1. The van der Waals surface area contributed by atoms with E-state index in [9.17, 15) is 18.9 Å². The number of carbonyl (C=O) groups excluding carboxylic acids is 1. The first-order valence-corrected chi connectivity index (χ1v) is 11.5. The molecule has 2 aliphatic heterocycles. The van der Waals surface area contributed by atoms with Crippen molar-refractivity contribution in [3.8, 4) is 0 Å². The Kier molecular flexibility index (Phi) is 6.45. The predicted octanol–water partition coefficient (Wildman–Crippen LogP) is 2.13. The first-order valence-electron chi connectivity index (χ1n) is 10.1. The fraction of sp³-hybridized carbons (Fsp3) is 0.450. The highest BCUT2D eigenvalue weighted by Gasteiger charge is 2.48. The summed E-state index contributed by atoms with van der Waals surface area (Å²) in [5, 5.41) is 0. The first-order chi connectivity index (χ1) is 15.2. The van der Waals surface area contributed by atoms with E-state index >= 15 is 0 Å². The van der Waals surface area contributed by atoms with Crippen molar-refractivity contribution in [1.29, 1.82) is 0 Å². The van der Waals surface area contributed by atoms with Gasteiger partial charge in [-0.3, -0.25) is 27.9 Å². The van der Waals surface area contributed by atoms with Gasteiger partial charge in [0.25, 0.3) is 5.56 Å². The van der Waals surface area contributed by atoms with Crippen LogP contribution in [0.2, 0.25) is 0 Å². The summed E-state index contributed by atoms with van der Waals surface area (Å²) in [7, 11) is -3.94. The van der Waals surface area contributed by atoms with Crippen molar-refractivity contribution in [3.05, 3.63) is 68.5 Å². The number of ether oxygens (including phenoxy) is 2. The molecular weight excluding hydrogens is 443 g/mol. The van der Waals surface area contributed by atoms with Crippen LogP contribution in [0.4, 0.5) is 0 Å². The van der Waals surface area contributed by atoms with Gasteiger partial charge < -0.3 is 9.47 Å². The molecule has 1 N–H and O–H groups in total. The summed E-state index contributed by atoms with van der Waals surface area (Å²) in [6, 6.07) is 7.87. The van der Waals surface area contributed by atoms with Crippen molar-refractivity contribution in [2.24, 2.45) is 0 Å². The van der Waals surface area contributed by atoms with Crippen molar-refractivity contribution in [3.63, 3.8) is 0 Å². The van der Waals surface area contributed by atoms with Gasteiger partial charge in [0.05, 0.1) is 24.9 Å². The molecule has 32 heavy (non-hydrogen) atoms. The molecule has 0 aliphatic carbocycles. The van der Waals surface area contributed by atoms with E-state index in [1.54, 1.807) is 38.1 Å². The molecule has 0 radical (unpaired) electrons. The van der Waals surface area contributed by atoms with Crippen LogP contribution in [0.3, 0.4) is 0 Å². The number of phosphoric acid groups is 1. The second-order valence-corrected chi connectivity index (χ2v) is 9.28. The van der Waals surface area contributed by atoms with Gasteiger partial charge in [-0.1, -0.05) is 18.2 Å². The molecule has 2 saturated heterocycles. The second-order valence-electron chi connectivity index (χ2n) is 7.65. The van der Waals surface area contributed by atoms with Crippen molar-refractivity contribution in [1.82, 2.24) is 9.55 Å². The van der Waals surface area contributed by atoms with Crippen molar-refractivity contribution in [2.45, 2.75) is 51.4 Å². The molecule has 0 amide bonds. The third-order valence-electron chi connectivity index (χ3n) is 4.96. The molecule has 4 atom stereocenters. The number of nitrogens with zero attached hydrogens (tertiary/aromatic N) is 1. The molecule has 4 rings (SSSR count). The normalized spacial score (nSPS) is 27.3. The van der Waals surface area contributed by atoms with E-state index in [4.69, 9.17) is 23.0 Å². The standard InChI is InChI=1S/C20H23N2O9P/c1-12(2)29-19(24)14-6-4-3-5-13(14)10-27-32(26)28-11-16-15(31-32)9-18(30-16)22-8-7-17(23)21-20(22)25/h3-8,12,15-16,18H,9-11H2,1-2H3,(H,21,23,25)/t15-,16+,18+,32?/m0/s1. The zero-order chi connectivity index (χ0) is 22.9. The molecule has 3 heterocycles. The Morgan fingerprint density at radius 3 is 2.78 bits per heavy atom. The Morgan fingerprint density at radius 1 is 1.25 bits per heavy atom. The van der Waals surface area contributed by atoms with Gasteiger partial charge in [0.2, 0.25) is 0 Å². The van der Waals surface area contributed by atoms with Crippen molar-refractivity contribution >= 4 is 13.8 Å². The Balaban J connectivity index is 1.42. The van der Waals surface area contributed by atoms with E-state index in [-0.39, 0.29) is 25.7 Å². The maximum absolute atomic E-state index is 13.0. The number of benzene rings is 1. The molecule has 0 saturated carbocycles. The monoisotopic (exact) mass is 466 g/mol. The van der Waals surface area contributed by atoms with Gasteiger partial charge in [-0.15, -0.1) is 0 Å². The zero-order valence-corrected chi connectivity index (χ0v) is 18.4. The van der Waals surface area contributed by atoms with Crippen LogP contribution in [0.25, 0.3) is 0 Å². The maximum Gasteiger partial charge on any atom is 0.475 e. The van der Waals surface area contributed by atoms with Gasteiger partial charge in [0.15, 0.2) is 0 Å². The number of fused-ring (bicyclic) bond motifs is 1. The van der Waals surface area contributed by atoms with Crippen molar-refractivity contribution in [2.75, 3.05) is 6.61 Å². The highest BCUT2D eigenvalue weighted by atomic mass is 31.2. The highest BCUT2D eigenvalue weighted by Crippen LogP contribution is 2.57. The molecule has 1 unspecified atom stereocenters. The number of phosphoric ester groups is 1. The average molecular weight is 466 g/mol. The van der Waals surface area contributed by atoms with Gasteiger partial charge in [-0.05, 0) is 25.5 Å². The van der Waals surface area contributed by atoms with E-state index in [0.717, 1.165) is 0 Å². The predicted molar refractivity (Wildman–Crippen MR) is 110 cm³/mol. The molecule has 2 aliphatic rings. The summed E-state index contributed by atoms with van der Waals surface area (Å²) in [6.07, 6.45) is -0.659. The summed E-state index contributed by atoms with van der Waals surface area (Å²) >= 11 is 0. The minimum Gasteiger partial charge on any atom is -0.459 e. The molecule has 12 heteroatoms. The Bertz CT molecular complexity index is 1160. The zero-order valence-electron chi connectivity index (χ0n) is 17.5. The number of aromatic nitrogens is 2. The number of hydrogen-bond acceptors (Lipinski definition) is 9. The lowest BCUT2D eigenvalue weighted by Gasteiger charge is -2.29. The van der Waals surface area contributed by atoms with E-state index in [0.29, 0.717) is 11.1 Å². The summed E-state index contributed by atoms with van der Waals surface area (Å²) in [6.45, 7) is 3.23. The average Bonchev–Trinajstić information content (AvgIpc) is 3.14. The van der Waals surface area contributed by atoms with Crippen LogP contribution < -0.4 is 11.2 Å². The lowest BCUT2D eigenvalue weighted by molar-refractivity contribution is -0.0730. The summed E-state index contributed by atoms with van der Waals surface area (Å²) < 4.78 is 41.6. The number of aromatic amines is 1. The summed E-state index contributed by atoms with van der Waals surface area (Å²) in [5.74, 6) is -0.513. The number of H-pyrrole nitrogens is 1. The molecule has 172 valence electrons. The topological polar surface area (TPSA) is 135 Å². The molecule has 1 aromatic heterocycles. The second kappa shape index (κ2) is 9.13. The lowest BCUT2D eigenvalue weighted by atomic mass is 10.1. The summed E-state index contributed by atoms with van der Waals surface area (Å²) in [4.78, 5) is 37.7. The molecule has 11 nitrogen and oxygen atoms in total. The van der Waals surface area contributed by atoms with Gasteiger partial charge >= 0.3 is 19.5 Å². The van der Waals surface area contributed by atoms with E-state index < -0.39 is 43.5 Å². The van der Waals surface area contributed by atoms with E-state index in [2.05, 4.69) is 4.98 Å². The van der Waals surface area contributed by atoms with Crippen LogP contribution in [0.1, 0.15) is 42.4 Å². The van der Waals surface area contributed by atoms with Gasteiger partial charge in [-0.25, -0.2) is 14.2 Å². The number of esters is 1. The van der Waals surface area contributed by atoms with Crippen LogP contribution in [0, 0.1) is 0 Å². The molecule has 0 spiro atoms. The Hall–Kier alpha value is -2.56. The number of hydrogen-bond donors (Lipinski definition) is 1. The fourth-order valence-electron chi connectivity index (χ4n) is 3.49. The molecule has 2 aromatic rings. The molecular formula is C20H23N2O9P. The van der Waals surface area contributed by atoms with Crippen LogP contribution in [0.15, 0.2) is 46.1 Å². The quantitative estimate of drug-likeness (QED) is 0.502. The molecule has 1 aromatic carbocycles. The van der Waals surface area contributed by atoms with Gasteiger partial charge in [0, 0.05) is 18.7 Å². The first kappa shape index (κ1) is 22.6. The number of rotatable bonds is 6. The maximum atomic E-state index is 13.0. The Labute approximate surface area is 182 Å². The third kappa shape index (κ3) is 4.92.